The summed E-state index contributed by atoms with van der Waals surface area (Å²) >= 11 is 0. The number of rotatable bonds is 3. The van der Waals surface area contributed by atoms with E-state index in [9.17, 15) is 0 Å². The SMILES string of the molecule is c1ccc2c(c1)cc(-c1ccc3oc4ccc(-c5ccc6ccc(-c7ccc8c9ccccc9c9ccccc9c8c7)cc6c5)cc4c3c1)c1ccccc12. The molecule has 1 nitrogen and oxygen atoms in total. The van der Waals surface area contributed by atoms with Gasteiger partial charge in [0.05, 0.1) is 0 Å². The molecule has 55 heavy (non-hydrogen) atoms. The van der Waals surface area contributed by atoms with Crippen LogP contribution in [0, 0.1) is 0 Å². The van der Waals surface area contributed by atoms with E-state index in [-0.39, 0.29) is 0 Å². The lowest BCUT2D eigenvalue weighted by Crippen LogP contribution is -1.85. The summed E-state index contributed by atoms with van der Waals surface area (Å²) in [6.07, 6.45) is 0. The average Bonchev–Trinajstić information content (AvgIpc) is 3.63. The zero-order chi connectivity index (χ0) is 36.0. The zero-order valence-electron chi connectivity index (χ0n) is 29.9. The van der Waals surface area contributed by atoms with Crippen LogP contribution in [-0.2, 0) is 0 Å². The van der Waals surface area contributed by atoms with Crippen molar-refractivity contribution in [2.75, 3.05) is 0 Å². The molecule has 0 radical (unpaired) electrons. The van der Waals surface area contributed by atoms with Gasteiger partial charge in [-0.1, -0.05) is 146 Å². The van der Waals surface area contributed by atoms with Gasteiger partial charge in [0.2, 0.25) is 0 Å². The van der Waals surface area contributed by atoms with Gasteiger partial charge in [-0.05, 0) is 147 Å². The molecule has 0 saturated heterocycles. The van der Waals surface area contributed by atoms with Crippen molar-refractivity contribution in [2.24, 2.45) is 0 Å². The van der Waals surface area contributed by atoms with Crippen LogP contribution in [0.1, 0.15) is 0 Å². The van der Waals surface area contributed by atoms with E-state index in [0.29, 0.717) is 0 Å². The molecule has 0 aliphatic rings. The molecule has 12 rings (SSSR count). The Morgan fingerprint density at radius 1 is 0.218 bits per heavy atom. The predicted molar refractivity (Wildman–Crippen MR) is 235 cm³/mol. The quantitative estimate of drug-likeness (QED) is 0.168. The van der Waals surface area contributed by atoms with Crippen molar-refractivity contribution in [1.29, 1.82) is 0 Å². The number of benzene rings is 11. The third-order valence-electron chi connectivity index (χ3n) is 11.8. The molecule has 0 N–H and O–H groups in total. The standard InChI is InChI=1S/C54H32O/c1-2-10-41-38(9-1)31-49(46-15-7-3-11-42(41)46)39-23-26-54-52(32-39)51-30-37(22-25-53(51)55-54)35-20-18-33-17-19-34(27-40(33)28-35)36-21-24-48-45-14-5-4-12-43(45)44-13-6-8-16-47(44)50(48)29-36/h1-32H. The van der Waals surface area contributed by atoms with E-state index in [4.69, 9.17) is 4.42 Å². The fourth-order valence-electron chi connectivity index (χ4n) is 9.11. The molecule has 0 amide bonds. The van der Waals surface area contributed by atoms with Gasteiger partial charge in [0.1, 0.15) is 11.2 Å². The largest absolute Gasteiger partial charge is 0.456 e. The molecule has 0 aliphatic carbocycles. The number of furan rings is 1. The van der Waals surface area contributed by atoms with Crippen LogP contribution in [0.25, 0.3) is 120 Å². The fourth-order valence-corrected chi connectivity index (χ4v) is 9.11. The minimum atomic E-state index is 0.902. The molecule has 12 aromatic rings. The van der Waals surface area contributed by atoms with Gasteiger partial charge in [-0.2, -0.15) is 0 Å². The Bertz CT molecular complexity index is 3510. The summed E-state index contributed by atoms with van der Waals surface area (Å²) in [7, 11) is 0. The van der Waals surface area contributed by atoms with Crippen LogP contribution in [0.2, 0.25) is 0 Å². The van der Waals surface area contributed by atoms with E-state index < -0.39 is 0 Å². The molecule has 1 heterocycles. The lowest BCUT2D eigenvalue weighted by Gasteiger charge is -2.12. The monoisotopic (exact) mass is 696 g/mol. The van der Waals surface area contributed by atoms with Crippen molar-refractivity contribution in [3.05, 3.63) is 194 Å². The van der Waals surface area contributed by atoms with Crippen LogP contribution in [0.5, 0.6) is 0 Å². The molecule has 1 aromatic heterocycles. The summed E-state index contributed by atoms with van der Waals surface area (Å²) in [5, 5.41) is 17.5. The molecule has 0 atom stereocenters. The first-order valence-corrected chi connectivity index (χ1v) is 19.0. The van der Waals surface area contributed by atoms with Gasteiger partial charge in [-0.3, -0.25) is 0 Å². The molecule has 0 saturated carbocycles. The second kappa shape index (κ2) is 11.6. The van der Waals surface area contributed by atoms with Crippen LogP contribution in [0.15, 0.2) is 199 Å². The highest BCUT2D eigenvalue weighted by Gasteiger charge is 2.14. The highest BCUT2D eigenvalue weighted by Crippen LogP contribution is 2.41. The second-order valence-corrected chi connectivity index (χ2v) is 14.8. The smallest absolute Gasteiger partial charge is 0.135 e. The topological polar surface area (TPSA) is 13.1 Å². The Hall–Kier alpha value is -7.22. The van der Waals surface area contributed by atoms with Crippen molar-refractivity contribution in [3.63, 3.8) is 0 Å². The zero-order valence-corrected chi connectivity index (χ0v) is 29.9. The first-order chi connectivity index (χ1) is 27.2. The molecule has 1 heteroatoms. The normalized spacial score (nSPS) is 12.0. The lowest BCUT2D eigenvalue weighted by molar-refractivity contribution is 0.669. The lowest BCUT2D eigenvalue weighted by atomic mass is 9.91. The molecule has 0 unspecified atom stereocenters. The second-order valence-electron chi connectivity index (χ2n) is 14.8. The van der Waals surface area contributed by atoms with Crippen LogP contribution in [0.3, 0.4) is 0 Å². The summed E-state index contributed by atoms with van der Waals surface area (Å²) in [4.78, 5) is 0. The first-order valence-electron chi connectivity index (χ1n) is 19.0. The van der Waals surface area contributed by atoms with Crippen LogP contribution < -0.4 is 0 Å². The summed E-state index contributed by atoms with van der Waals surface area (Å²) in [5.41, 5.74) is 9.03. The Morgan fingerprint density at radius 2 is 0.636 bits per heavy atom. The maximum atomic E-state index is 6.41. The maximum absolute atomic E-state index is 6.41. The molecule has 0 bridgehead atoms. The van der Waals surface area contributed by atoms with Crippen molar-refractivity contribution in [3.8, 4) is 33.4 Å². The van der Waals surface area contributed by atoms with Crippen molar-refractivity contribution >= 4 is 86.6 Å². The van der Waals surface area contributed by atoms with Gasteiger partial charge in [0.15, 0.2) is 0 Å². The van der Waals surface area contributed by atoms with E-state index in [0.717, 1.165) is 21.9 Å². The Morgan fingerprint density at radius 3 is 1.27 bits per heavy atom. The average molecular weight is 697 g/mol. The predicted octanol–water partition coefficient (Wildman–Crippen LogP) is 15.5. The van der Waals surface area contributed by atoms with E-state index in [2.05, 4.69) is 194 Å². The Balaban J connectivity index is 0.967. The number of hydrogen-bond donors (Lipinski definition) is 0. The van der Waals surface area contributed by atoms with Crippen LogP contribution >= 0.6 is 0 Å². The number of fused-ring (bicyclic) bond motifs is 13. The van der Waals surface area contributed by atoms with E-state index in [1.54, 1.807) is 0 Å². The van der Waals surface area contributed by atoms with Gasteiger partial charge < -0.3 is 4.42 Å². The summed E-state index contributed by atoms with van der Waals surface area (Å²) in [6, 6.07) is 71.2. The summed E-state index contributed by atoms with van der Waals surface area (Å²) in [6.45, 7) is 0. The van der Waals surface area contributed by atoms with Gasteiger partial charge >= 0.3 is 0 Å². The van der Waals surface area contributed by atoms with Gasteiger partial charge in [0.25, 0.3) is 0 Å². The maximum Gasteiger partial charge on any atom is 0.135 e. The molecule has 0 fully saturated rings. The summed E-state index contributed by atoms with van der Waals surface area (Å²) < 4.78 is 6.41. The minimum Gasteiger partial charge on any atom is -0.456 e. The van der Waals surface area contributed by atoms with Crippen molar-refractivity contribution in [2.45, 2.75) is 0 Å². The van der Waals surface area contributed by atoms with Crippen LogP contribution in [0.4, 0.5) is 0 Å². The highest BCUT2D eigenvalue weighted by atomic mass is 16.3. The van der Waals surface area contributed by atoms with Crippen molar-refractivity contribution in [1.82, 2.24) is 0 Å². The van der Waals surface area contributed by atoms with Gasteiger partial charge in [-0.15, -0.1) is 0 Å². The summed E-state index contributed by atoms with van der Waals surface area (Å²) in [5.74, 6) is 0. The van der Waals surface area contributed by atoms with E-state index in [1.165, 1.54) is 98.0 Å². The molecule has 11 aromatic carbocycles. The third-order valence-corrected chi connectivity index (χ3v) is 11.8. The fraction of sp³-hybridized carbons (Fsp3) is 0. The molecular formula is C54H32O. The molecular weight excluding hydrogens is 665 g/mol. The highest BCUT2D eigenvalue weighted by molar-refractivity contribution is 6.26. The van der Waals surface area contributed by atoms with Gasteiger partial charge in [-0.25, -0.2) is 0 Å². The Labute approximate surface area is 317 Å². The van der Waals surface area contributed by atoms with E-state index >= 15 is 0 Å². The number of hydrogen-bond acceptors (Lipinski definition) is 1. The van der Waals surface area contributed by atoms with Crippen LogP contribution in [-0.4, -0.2) is 0 Å². The Kier molecular flexibility index (Phi) is 6.40. The van der Waals surface area contributed by atoms with E-state index in [1.807, 2.05) is 0 Å². The van der Waals surface area contributed by atoms with Crippen molar-refractivity contribution < 1.29 is 4.42 Å². The first kappa shape index (κ1) is 30.3. The third kappa shape index (κ3) is 4.67. The minimum absolute atomic E-state index is 0.902. The molecule has 0 aliphatic heterocycles. The molecule has 254 valence electrons. The molecule has 0 spiro atoms. The van der Waals surface area contributed by atoms with Gasteiger partial charge in [0, 0.05) is 10.8 Å².